The zero-order valence-corrected chi connectivity index (χ0v) is 9.87. The number of hydrogen-bond donors (Lipinski definition) is 1. The highest BCUT2D eigenvalue weighted by molar-refractivity contribution is 5.63. The monoisotopic (exact) mass is 228 g/mol. The maximum Gasteiger partial charge on any atom is 0.148 e. The molecule has 88 valence electrons. The Kier molecular flexibility index (Phi) is 2.60. The number of hydrogen-bond acceptors (Lipinski definition) is 4. The highest BCUT2D eigenvalue weighted by atomic mass is 15.2. The lowest BCUT2D eigenvalue weighted by Crippen LogP contribution is -2.31. The SMILES string of the molecule is N#Cc1cc2c(nc1N1CCCCC1)NCC2. The molecule has 0 saturated carbocycles. The van der Waals surface area contributed by atoms with E-state index in [1.165, 1.54) is 24.8 Å². The molecular weight excluding hydrogens is 212 g/mol. The van der Waals surface area contributed by atoms with Crippen molar-refractivity contribution in [2.24, 2.45) is 0 Å². The fourth-order valence-corrected chi connectivity index (χ4v) is 2.63. The Morgan fingerprint density at radius 3 is 2.88 bits per heavy atom. The molecule has 0 aromatic carbocycles. The van der Waals surface area contributed by atoms with E-state index in [0.29, 0.717) is 0 Å². The maximum atomic E-state index is 9.24. The van der Waals surface area contributed by atoms with Crippen LogP contribution in [0.5, 0.6) is 0 Å². The van der Waals surface area contributed by atoms with E-state index in [1.54, 1.807) is 0 Å². The average Bonchev–Trinajstić information content (AvgIpc) is 2.85. The largest absolute Gasteiger partial charge is 0.369 e. The van der Waals surface area contributed by atoms with Gasteiger partial charge in [0.25, 0.3) is 0 Å². The van der Waals surface area contributed by atoms with Crippen LogP contribution in [0.3, 0.4) is 0 Å². The molecule has 4 heteroatoms. The van der Waals surface area contributed by atoms with Crippen molar-refractivity contribution in [3.63, 3.8) is 0 Å². The summed E-state index contributed by atoms with van der Waals surface area (Å²) in [6.07, 6.45) is 4.69. The Labute approximate surface area is 101 Å². The predicted octanol–water partition coefficient (Wildman–Crippen LogP) is 1.91. The van der Waals surface area contributed by atoms with Crippen LogP contribution in [-0.4, -0.2) is 24.6 Å². The summed E-state index contributed by atoms with van der Waals surface area (Å²) in [5.74, 6) is 1.85. The number of nitrogens with one attached hydrogen (secondary N) is 1. The molecule has 17 heavy (non-hydrogen) atoms. The number of pyridine rings is 1. The quantitative estimate of drug-likeness (QED) is 0.797. The molecule has 1 fully saturated rings. The highest BCUT2D eigenvalue weighted by Gasteiger charge is 2.20. The van der Waals surface area contributed by atoms with Gasteiger partial charge in [-0.05, 0) is 37.3 Å². The van der Waals surface area contributed by atoms with Gasteiger partial charge in [-0.15, -0.1) is 0 Å². The molecule has 1 saturated heterocycles. The van der Waals surface area contributed by atoms with Crippen LogP contribution >= 0.6 is 0 Å². The van der Waals surface area contributed by atoms with Crippen LogP contribution in [0, 0.1) is 11.3 Å². The summed E-state index contributed by atoms with van der Waals surface area (Å²) < 4.78 is 0. The van der Waals surface area contributed by atoms with Gasteiger partial charge in [-0.2, -0.15) is 5.26 Å². The zero-order valence-electron chi connectivity index (χ0n) is 9.87. The molecule has 0 spiro atoms. The molecule has 0 amide bonds. The van der Waals surface area contributed by atoms with Crippen molar-refractivity contribution in [2.75, 3.05) is 29.9 Å². The van der Waals surface area contributed by atoms with Crippen LogP contribution in [-0.2, 0) is 6.42 Å². The van der Waals surface area contributed by atoms with E-state index in [1.807, 2.05) is 6.07 Å². The molecule has 2 aliphatic rings. The van der Waals surface area contributed by atoms with Crippen LogP contribution < -0.4 is 10.2 Å². The molecule has 1 aromatic heterocycles. The van der Waals surface area contributed by atoms with E-state index in [0.717, 1.165) is 43.3 Å². The van der Waals surface area contributed by atoms with Gasteiger partial charge in [0.15, 0.2) is 0 Å². The second-order valence-corrected chi connectivity index (χ2v) is 4.70. The third-order valence-corrected chi connectivity index (χ3v) is 3.54. The lowest BCUT2D eigenvalue weighted by atomic mass is 10.1. The summed E-state index contributed by atoms with van der Waals surface area (Å²) in [6, 6.07) is 4.30. The third-order valence-electron chi connectivity index (χ3n) is 3.54. The summed E-state index contributed by atoms with van der Waals surface area (Å²) in [5, 5.41) is 12.5. The molecule has 0 unspecified atom stereocenters. The zero-order chi connectivity index (χ0) is 11.7. The second-order valence-electron chi connectivity index (χ2n) is 4.70. The van der Waals surface area contributed by atoms with Crippen molar-refractivity contribution in [1.29, 1.82) is 5.26 Å². The summed E-state index contributed by atoms with van der Waals surface area (Å²) in [4.78, 5) is 6.89. The fraction of sp³-hybridized carbons (Fsp3) is 0.538. The first kappa shape index (κ1) is 10.4. The van der Waals surface area contributed by atoms with Crippen LogP contribution in [0.15, 0.2) is 6.07 Å². The topological polar surface area (TPSA) is 52.0 Å². The van der Waals surface area contributed by atoms with Gasteiger partial charge in [-0.1, -0.05) is 0 Å². The second kappa shape index (κ2) is 4.25. The van der Waals surface area contributed by atoms with Gasteiger partial charge in [0.05, 0.1) is 5.56 Å². The summed E-state index contributed by atoms with van der Waals surface area (Å²) in [5.41, 5.74) is 1.91. The van der Waals surface area contributed by atoms with Crippen LogP contribution in [0.25, 0.3) is 0 Å². The van der Waals surface area contributed by atoms with Gasteiger partial charge in [-0.3, -0.25) is 0 Å². The number of anilines is 2. The lowest BCUT2D eigenvalue weighted by Gasteiger charge is -2.28. The number of rotatable bonds is 1. The molecule has 3 rings (SSSR count). The van der Waals surface area contributed by atoms with Crippen LogP contribution in [0.2, 0.25) is 0 Å². The Hall–Kier alpha value is -1.76. The number of fused-ring (bicyclic) bond motifs is 1. The number of nitrogens with zero attached hydrogens (tertiary/aromatic N) is 3. The van der Waals surface area contributed by atoms with Gasteiger partial charge in [0.2, 0.25) is 0 Å². The Morgan fingerprint density at radius 1 is 1.29 bits per heavy atom. The molecule has 1 aromatic rings. The van der Waals surface area contributed by atoms with Crippen molar-refractivity contribution in [2.45, 2.75) is 25.7 Å². The summed E-state index contributed by atoms with van der Waals surface area (Å²) in [6.45, 7) is 3.00. The van der Waals surface area contributed by atoms with E-state index in [2.05, 4.69) is 21.3 Å². The summed E-state index contributed by atoms with van der Waals surface area (Å²) >= 11 is 0. The van der Waals surface area contributed by atoms with E-state index in [4.69, 9.17) is 0 Å². The average molecular weight is 228 g/mol. The van der Waals surface area contributed by atoms with Crippen molar-refractivity contribution in [1.82, 2.24) is 4.98 Å². The standard InChI is InChI=1S/C13H16N4/c14-9-11-8-10-4-5-15-12(10)16-13(11)17-6-2-1-3-7-17/h8H,1-7H2,(H,15,16). The lowest BCUT2D eigenvalue weighted by molar-refractivity contribution is 0.573. The van der Waals surface area contributed by atoms with Gasteiger partial charge in [0.1, 0.15) is 17.7 Å². The molecule has 2 aliphatic heterocycles. The van der Waals surface area contributed by atoms with E-state index in [-0.39, 0.29) is 0 Å². The van der Waals surface area contributed by atoms with Gasteiger partial charge in [-0.25, -0.2) is 4.98 Å². The van der Waals surface area contributed by atoms with Gasteiger partial charge < -0.3 is 10.2 Å². The van der Waals surface area contributed by atoms with Crippen molar-refractivity contribution >= 4 is 11.6 Å². The van der Waals surface area contributed by atoms with Crippen molar-refractivity contribution in [3.8, 4) is 6.07 Å². The van der Waals surface area contributed by atoms with E-state index < -0.39 is 0 Å². The molecular formula is C13H16N4. The maximum absolute atomic E-state index is 9.24. The Bertz CT molecular complexity index is 469. The number of piperidine rings is 1. The van der Waals surface area contributed by atoms with Gasteiger partial charge in [0, 0.05) is 19.6 Å². The normalized spacial score (nSPS) is 18.4. The third kappa shape index (κ3) is 1.82. The molecule has 0 bridgehead atoms. The van der Waals surface area contributed by atoms with Crippen LogP contribution in [0.1, 0.15) is 30.4 Å². The van der Waals surface area contributed by atoms with E-state index in [9.17, 15) is 5.26 Å². The molecule has 0 radical (unpaired) electrons. The van der Waals surface area contributed by atoms with E-state index >= 15 is 0 Å². The van der Waals surface area contributed by atoms with Crippen molar-refractivity contribution < 1.29 is 0 Å². The molecule has 1 N–H and O–H groups in total. The minimum Gasteiger partial charge on any atom is -0.369 e. The Morgan fingerprint density at radius 2 is 2.12 bits per heavy atom. The molecule has 0 atom stereocenters. The number of aromatic nitrogens is 1. The Balaban J connectivity index is 2.00. The van der Waals surface area contributed by atoms with Gasteiger partial charge >= 0.3 is 0 Å². The number of nitriles is 1. The van der Waals surface area contributed by atoms with Crippen LogP contribution in [0.4, 0.5) is 11.6 Å². The summed E-state index contributed by atoms with van der Waals surface area (Å²) in [7, 11) is 0. The fourth-order valence-electron chi connectivity index (χ4n) is 2.63. The minimum atomic E-state index is 0.731. The molecule has 0 aliphatic carbocycles. The first-order valence-corrected chi connectivity index (χ1v) is 6.31. The van der Waals surface area contributed by atoms with Crippen molar-refractivity contribution in [3.05, 3.63) is 17.2 Å². The predicted molar refractivity (Wildman–Crippen MR) is 67.2 cm³/mol. The molecule has 3 heterocycles. The first-order valence-electron chi connectivity index (χ1n) is 6.31. The highest BCUT2D eigenvalue weighted by Crippen LogP contribution is 2.28. The smallest absolute Gasteiger partial charge is 0.148 e. The molecule has 4 nitrogen and oxygen atoms in total. The first-order chi connectivity index (χ1) is 8.38. The minimum absolute atomic E-state index is 0.731.